The predicted octanol–water partition coefficient (Wildman–Crippen LogP) is 3.81. The summed E-state index contributed by atoms with van der Waals surface area (Å²) < 4.78 is 1.50. The van der Waals surface area contributed by atoms with Gasteiger partial charge in [-0.3, -0.25) is 19.5 Å². The molecule has 0 bridgehead atoms. The van der Waals surface area contributed by atoms with E-state index >= 15 is 0 Å². The first-order chi connectivity index (χ1) is 16.0. The van der Waals surface area contributed by atoms with Crippen LogP contribution in [0.25, 0.3) is 16.6 Å². The number of hydrogen-bond acceptors (Lipinski definition) is 5. The Hall–Kier alpha value is -3.91. The second-order valence-electron chi connectivity index (χ2n) is 7.39. The van der Waals surface area contributed by atoms with Gasteiger partial charge in [0.15, 0.2) is 5.16 Å². The van der Waals surface area contributed by atoms with Crippen molar-refractivity contribution in [2.24, 2.45) is 0 Å². The van der Waals surface area contributed by atoms with Gasteiger partial charge in [-0.05, 0) is 36.8 Å². The van der Waals surface area contributed by atoms with Crippen molar-refractivity contribution < 1.29 is 9.59 Å². The quantitative estimate of drug-likeness (QED) is 0.339. The zero-order valence-corrected chi connectivity index (χ0v) is 18.8. The molecule has 4 rings (SSSR count). The molecule has 3 amide bonds. The van der Waals surface area contributed by atoms with E-state index in [9.17, 15) is 14.4 Å². The average Bonchev–Trinajstić information content (AvgIpc) is 2.83. The van der Waals surface area contributed by atoms with Crippen LogP contribution in [-0.2, 0) is 11.3 Å². The number of aromatic nitrogens is 2. The van der Waals surface area contributed by atoms with Gasteiger partial charge in [0, 0.05) is 6.54 Å². The van der Waals surface area contributed by atoms with Crippen molar-refractivity contribution >= 4 is 34.6 Å². The van der Waals surface area contributed by atoms with Crippen molar-refractivity contribution in [1.82, 2.24) is 20.2 Å². The average molecular weight is 459 g/mol. The van der Waals surface area contributed by atoms with E-state index in [0.29, 0.717) is 28.3 Å². The SMILES string of the molecule is Cc1ccc(-n2c(SCC(=O)NC(=O)NCc3ccccc3)nc3ccccc3c2=O)cc1. The number of nitrogens with zero attached hydrogens (tertiary/aromatic N) is 2. The zero-order valence-electron chi connectivity index (χ0n) is 17.9. The summed E-state index contributed by atoms with van der Waals surface area (Å²) in [4.78, 5) is 42.3. The van der Waals surface area contributed by atoms with Crippen LogP contribution in [0.4, 0.5) is 4.79 Å². The lowest BCUT2D eigenvalue weighted by Crippen LogP contribution is -2.40. The first-order valence-electron chi connectivity index (χ1n) is 10.3. The van der Waals surface area contributed by atoms with E-state index in [-0.39, 0.29) is 11.3 Å². The largest absolute Gasteiger partial charge is 0.334 e. The molecule has 8 heteroatoms. The van der Waals surface area contributed by atoms with Crippen LogP contribution < -0.4 is 16.2 Å². The molecule has 1 aromatic heterocycles. The molecular formula is C25H22N4O3S. The number of fused-ring (bicyclic) bond motifs is 1. The lowest BCUT2D eigenvalue weighted by atomic mass is 10.2. The molecular weight excluding hydrogens is 436 g/mol. The molecule has 0 aliphatic heterocycles. The highest BCUT2D eigenvalue weighted by Gasteiger charge is 2.15. The second kappa shape index (κ2) is 10.1. The summed E-state index contributed by atoms with van der Waals surface area (Å²) >= 11 is 1.10. The number of carbonyl (C=O) groups is 2. The fraction of sp³-hybridized carbons (Fsp3) is 0.120. The predicted molar refractivity (Wildman–Crippen MR) is 130 cm³/mol. The Kier molecular flexibility index (Phi) is 6.85. The zero-order chi connectivity index (χ0) is 23.2. The summed E-state index contributed by atoms with van der Waals surface area (Å²) in [6.45, 7) is 2.28. The molecule has 2 N–H and O–H groups in total. The second-order valence-corrected chi connectivity index (χ2v) is 8.34. The Bertz CT molecular complexity index is 1350. The fourth-order valence-corrected chi connectivity index (χ4v) is 4.06. The lowest BCUT2D eigenvalue weighted by Gasteiger charge is -2.13. The summed E-state index contributed by atoms with van der Waals surface area (Å²) in [5, 5.41) is 5.84. The number of rotatable bonds is 6. The minimum absolute atomic E-state index is 0.0740. The first kappa shape index (κ1) is 22.3. The summed E-state index contributed by atoms with van der Waals surface area (Å²) in [5.41, 5.74) is 2.99. The van der Waals surface area contributed by atoms with E-state index in [0.717, 1.165) is 22.9 Å². The third kappa shape index (κ3) is 5.48. The van der Waals surface area contributed by atoms with Gasteiger partial charge in [-0.25, -0.2) is 9.78 Å². The van der Waals surface area contributed by atoms with Crippen molar-refractivity contribution in [2.45, 2.75) is 18.6 Å². The van der Waals surface area contributed by atoms with Crippen molar-refractivity contribution in [1.29, 1.82) is 0 Å². The van der Waals surface area contributed by atoms with Crippen LogP contribution in [0.1, 0.15) is 11.1 Å². The molecule has 4 aromatic rings. The van der Waals surface area contributed by atoms with Crippen LogP contribution in [0, 0.1) is 6.92 Å². The number of benzene rings is 3. The third-order valence-corrected chi connectivity index (χ3v) is 5.86. The van der Waals surface area contributed by atoms with Gasteiger partial charge >= 0.3 is 6.03 Å². The van der Waals surface area contributed by atoms with Crippen LogP contribution in [0.15, 0.2) is 88.8 Å². The molecule has 0 unspecified atom stereocenters. The third-order valence-electron chi connectivity index (χ3n) is 4.92. The van der Waals surface area contributed by atoms with Crippen LogP contribution in [0.3, 0.4) is 0 Å². The Morgan fingerprint density at radius 1 is 0.939 bits per heavy atom. The highest BCUT2D eigenvalue weighted by Crippen LogP contribution is 2.21. The highest BCUT2D eigenvalue weighted by molar-refractivity contribution is 7.99. The van der Waals surface area contributed by atoms with Crippen LogP contribution in [0.5, 0.6) is 0 Å². The minimum Gasteiger partial charge on any atom is -0.334 e. The van der Waals surface area contributed by atoms with Crippen LogP contribution in [0.2, 0.25) is 0 Å². The number of nitrogens with one attached hydrogen (secondary N) is 2. The summed E-state index contributed by atoms with van der Waals surface area (Å²) in [5.74, 6) is -0.557. The molecule has 0 aliphatic carbocycles. The maximum Gasteiger partial charge on any atom is 0.321 e. The number of hydrogen-bond donors (Lipinski definition) is 2. The number of carbonyl (C=O) groups excluding carboxylic acids is 2. The van der Waals surface area contributed by atoms with Crippen molar-refractivity contribution in [2.75, 3.05) is 5.75 Å². The Morgan fingerprint density at radius 3 is 2.39 bits per heavy atom. The number of urea groups is 1. The summed E-state index contributed by atoms with van der Waals surface area (Å²) in [6, 6.07) is 23.4. The molecule has 1 heterocycles. The van der Waals surface area contributed by atoms with Crippen molar-refractivity contribution in [3.05, 3.63) is 100 Å². The van der Waals surface area contributed by atoms with Gasteiger partial charge in [0.05, 0.1) is 22.3 Å². The maximum atomic E-state index is 13.2. The van der Waals surface area contributed by atoms with Gasteiger partial charge in [0.25, 0.3) is 5.56 Å². The highest BCUT2D eigenvalue weighted by atomic mass is 32.2. The number of imide groups is 1. The van der Waals surface area contributed by atoms with Gasteiger partial charge in [-0.15, -0.1) is 0 Å². The molecule has 0 fully saturated rings. The van der Waals surface area contributed by atoms with Crippen molar-refractivity contribution in [3.63, 3.8) is 0 Å². The molecule has 7 nitrogen and oxygen atoms in total. The van der Waals surface area contributed by atoms with E-state index in [2.05, 4.69) is 15.6 Å². The van der Waals surface area contributed by atoms with Gasteiger partial charge in [-0.2, -0.15) is 0 Å². The Balaban J connectivity index is 1.50. The Morgan fingerprint density at radius 2 is 1.64 bits per heavy atom. The summed E-state index contributed by atoms with van der Waals surface area (Å²) in [7, 11) is 0. The molecule has 0 saturated carbocycles. The molecule has 166 valence electrons. The number of para-hydroxylation sites is 1. The number of aryl methyl sites for hydroxylation is 1. The standard InChI is InChI=1S/C25H22N4O3S/c1-17-11-13-19(14-12-17)29-23(31)20-9-5-6-10-21(20)27-25(29)33-16-22(30)28-24(32)26-15-18-7-3-2-4-8-18/h2-14H,15-16H2,1H3,(H2,26,28,30,32). The van der Waals surface area contributed by atoms with E-state index in [1.165, 1.54) is 4.57 Å². The number of amides is 3. The van der Waals surface area contributed by atoms with Gasteiger partial charge in [-0.1, -0.05) is 71.9 Å². The number of thioether (sulfide) groups is 1. The van der Waals surface area contributed by atoms with E-state index in [1.807, 2.05) is 67.6 Å². The first-order valence-corrected chi connectivity index (χ1v) is 11.3. The van der Waals surface area contributed by atoms with Gasteiger partial charge in [0.1, 0.15) is 0 Å². The normalized spacial score (nSPS) is 10.7. The van der Waals surface area contributed by atoms with Gasteiger partial charge < -0.3 is 5.32 Å². The molecule has 0 spiro atoms. The molecule has 33 heavy (non-hydrogen) atoms. The molecule has 0 saturated heterocycles. The maximum absolute atomic E-state index is 13.2. The van der Waals surface area contributed by atoms with Gasteiger partial charge in [0.2, 0.25) is 5.91 Å². The molecule has 0 atom stereocenters. The Labute approximate surface area is 194 Å². The van der Waals surface area contributed by atoms with E-state index < -0.39 is 11.9 Å². The van der Waals surface area contributed by atoms with Crippen LogP contribution in [-0.4, -0.2) is 27.2 Å². The topological polar surface area (TPSA) is 93.1 Å². The fourth-order valence-electron chi connectivity index (χ4n) is 3.25. The lowest BCUT2D eigenvalue weighted by molar-refractivity contribution is -0.117. The smallest absolute Gasteiger partial charge is 0.321 e. The van der Waals surface area contributed by atoms with Crippen molar-refractivity contribution in [3.8, 4) is 5.69 Å². The van der Waals surface area contributed by atoms with E-state index in [1.54, 1.807) is 18.2 Å². The molecule has 0 aliphatic rings. The van der Waals surface area contributed by atoms with Crippen LogP contribution >= 0.6 is 11.8 Å². The minimum atomic E-state index is -0.577. The monoisotopic (exact) mass is 458 g/mol. The molecule has 3 aromatic carbocycles. The van der Waals surface area contributed by atoms with E-state index in [4.69, 9.17) is 0 Å². The summed E-state index contributed by atoms with van der Waals surface area (Å²) in [6.07, 6.45) is 0. The molecule has 0 radical (unpaired) electrons.